The molecule has 1 aliphatic heterocycles. The Morgan fingerprint density at radius 2 is 1.73 bits per heavy atom. The first kappa shape index (κ1) is 19.6. The molecule has 1 N–H and O–H groups in total. The van der Waals surface area contributed by atoms with Gasteiger partial charge in [0.05, 0.1) is 4.92 Å². The molecule has 1 aliphatic rings. The monoisotopic (exact) mass is 407 g/mol. The average molecular weight is 407 g/mol. The number of carbonyl (C=O) groups excluding carboxylic acids is 2. The number of hydrogen-bond acceptors (Lipinski definition) is 5. The Kier molecular flexibility index (Phi) is 5.47. The number of nitrogens with zero attached hydrogens (tertiary/aromatic N) is 2. The first-order valence-electron chi connectivity index (χ1n) is 9.91. The largest absolute Gasteiger partial charge is 0.449 e. The first-order chi connectivity index (χ1) is 14.5. The molecule has 2 amide bonds. The highest BCUT2D eigenvalue weighted by Crippen LogP contribution is 2.33. The second-order valence-electron chi connectivity index (χ2n) is 7.27. The van der Waals surface area contributed by atoms with Crippen LogP contribution in [0.4, 0.5) is 11.4 Å². The van der Waals surface area contributed by atoms with Crippen LogP contribution in [0.25, 0.3) is 11.0 Å². The van der Waals surface area contributed by atoms with Crippen molar-refractivity contribution in [3.05, 3.63) is 70.0 Å². The predicted molar refractivity (Wildman–Crippen MR) is 112 cm³/mol. The lowest BCUT2D eigenvalue weighted by molar-refractivity contribution is -0.384. The zero-order valence-corrected chi connectivity index (χ0v) is 16.3. The van der Waals surface area contributed by atoms with Crippen molar-refractivity contribution in [2.24, 2.45) is 0 Å². The number of carbonyl (C=O) groups is 2. The fourth-order valence-corrected chi connectivity index (χ4v) is 3.68. The van der Waals surface area contributed by atoms with E-state index in [2.05, 4.69) is 5.32 Å². The summed E-state index contributed by atoms with van der Waals surface area (Å²) in [5.74, 6) is -0.727. The Morgan fingerprint density at radius 3 is 2.47 bits per heavy atom. The normalized spacial score (nSPS) is 14.3. The van der Waals surface area contributed by atoms with Crippen LogP contribution in [-0.4, -0.2) is 34.7 Å². The van der Waals surface area contributed by atoms with Crippen LogP contribution in [0.15, 0.2) is 52.9 Å². The maximum atomic E-state index is 13.2. The lowest BCUT2D eigenvalue weighted by Gasteiger charge is -2.19. The topological polar surface area (TPSA) is 106 Å². The Morgan fingerprint density at radius 1 is 1.00 bits per heavy atom. The number of nitro benzene ring substituents is 1. The highest BCUT2D eigenvalue weighted by molar-refractivity contribution is 6.14. The molecule has 1 fully saturated rings. The maximum absolute atomic E-state index is 13.2. The van der Waals surface area contributed by atoms with Gasteiger partial charge in [0.1, 0.15) is 11.3 Å². The van der Waals surface area contributed by atoms with E-state index in [4.69, 9.17) is 4.42 Å². The van der Waals surface area contributed by atoms with Crippen molar-refractivity contribution in [2.75, 3.05) is 18.4 Å². The molecule has 8 heteroatoms. The average Bonchev–Trinajstić information content (AvgIpc) is 2.92. The third-order valence-corrected chi connectivity index (χ3v) is 5.24. The molecule has 0 aliphatic carbocycles. The van der Waals surface area contributed by atoms with Crippen molar-refractivity contribution in [2.45, 2.75) is 25.7 Å². The Labute approximate surface area is 172 Å². The van der Waals surface area contributed by atoms with Crippen LogP contribution in [0.1, 0.15) is 46.6 Å². The number of likely N-dealkylation sites (tertiary alicyclic amines) is 1. The molecular formula is C22H21N3O5. The fourth-order valence-electron chi connectivity index (χ4n) is 3.68. The second-order valence-corrected chi connectivity index (χ2v) is 7.27. The highest BCUT2D eigenvalue weighted by Gasteiger charge is 2.27. The van der Waals surface area contributed by atoms with E-state index < -0.39 is 10.8 Å². The van der Waals surface area contributed by atoms with Gasteiger partial charge >= 0.3 is 0 Å². The number of para-hydroxylation sites is 1. The summed E-state index contributed by atoms with van der Waals surface area (Å²) in [6.45, 7) is 1.29. The Hall–Kier alpha value is -3.68. The number of fused-ring (bicyclic) bond motifs is 1. The number of hydrogen-bond donors (Lipinski definition) is 1. The van der Waals surface area contributed by atoms with Gasteiger partial charge in [-0.1, -0.05) is 31.0 Å². The van der Waals surface area contributed by atoms with Gasteiger partial charge in [-0.05, 0) is 31.0 Å². The lowest BCUT2D eigenvalue weighted by atomic mass is 10.1. The molecule has 30 heavy (non-hydrogen) atoms. The summed E-state index contributed by atoms with van der Waals surface area (Å²) >= 11 is 0. The first-order valence-corrected chi connectivity index (χ1v) is 9.91. The molecule has 0 radical (unpaired) electrons. The minimum absolute atomic E-state index is 0.0804. The number of benzene rings is 2. The van der Waals surface area contributed by atoms with Crippen LogP contribution in [-0.2, 0) is 0 Å². The highest BCUT2D eigenvalue weighted by atomic mass is 16.6. The van der Waals surface area contributed by atoms with Crippen molar-refractivity contribution >= 4 is 34.2 Å². The van der Waals surface area contributed by atoms with E-state index in [0.717, 1.165) is 25.7 Å². The van der Waals surface area contributed by atoms with Crippen molar-refractivity contribution in [3.63, 3.8) is 0 Å². The molecule has 8 nitrogen and oxygen atoms in total. The van der Waals surface area contributed by atoms with Gasteiger partial charge in [0.25, 0.3) is 17.5 Å². The summed E-state index contributed by atoms with van der Waals surface area (Å²) in [5.41, 5.74) is 0.726. The minimum atomic E-state index is -0.557. The van der Waals surface area contributed by atoms with Crippen LogP contribution in [0.5, 0.6) is 0 Å². The predicted octanol–water partition coefficient (Wildman–Crippen LogP) is 4.61. The third-order valence-electron chi connectivity index (χ3n) is 5.24. The summed E-state index contributed by atoms with van der Waals surface area (Å²) in [6.07, 6.45) is 4.03. The van der Waals surface area contributed by atoms with Gasteiger partial charge in [0.2, 0.25) is 5.76 Å². The number of anilines is 1. The van der Waals surface area contributed by atoms with E-state index in [-0.39, 0.29) is 28.6 Å². The summed E-state index contributed by atoms with van der Waals surface area (Å²) < 4.78 is 5.84. The van der Waals surface area contributed by atoms with Gasteiger partial charge in [-0.3, -0.25) is 19.7 Å². The quantitative estimate of drug-likeness (QED) is 0.502. The third kappa shape index (κ3) is 3.89. The molecule has 0 bridgehead atoms. The number of non-ortho nitro benzene ring substituents is 1. The van der Waals surface area contributed by atoms with Gasteiger partial charge in [-0.25, -0.2) is 0 Å². The SMILES string of the molecule is O=C(Nc1c(C(=O)N2CCCCCC2)oc2ccccc12)c1cccc([N+](=O)[O-])c1. The van der Waals surface area contributed by atoms with Gasteiger partial charge < -0.3 is 14.6 Å². The standard InChI is InChI=1S/C22H21N3O5/c26-21(15-8-7-9-16(14-15)25(28)29)23-19-17-10-3-4-11-18(17)30-20(19)22(27)24-12-5-1-2-6-13-24/h3-4,7-11,14H,1-2,5-6,12-13H2,(H,23,26). The minimum Gasteiger partial charge on any atom is -0.449 e. The van der Waals surface area contributed by atoms with Gasteiger partial charge in [0.15, 0.2) is 0 Å². The van der Waals surface area contributed by atoms with Gasteiger partial charge in [-0.2, -0.15) is 0 Å². The number of furan rings is 1. The molecule has 0 saturated carbocycles. The van der Waals surface area contributed by atoms with E-state index in [0.29, 0.717) is 24.1 Å². The number of rotatable bonds is 4. The molecule has 4 rings (SSSR count). The van der Waals surface area contributed by atoms with Gasteiger partial charge in [0, 0.05) is 36.2 Å². The van der Waals surface area contributed by atoms with E-state index in [1.54, 1.807) is 29.2 Å². The molecule has 154 valence electrons. The summed E-state index contributed by atoms with van der Waals surface area (Å²) in [6, 6.07) is 12.5. The van der Waals surface area contributed by atoms with E-state index in [1.807, 2.05) is 0 Å². The fraction of sp³-hybridized carbons (Fsp3) is 0.273. The summed E-state index contributed by atoms with van der Waals surface area (Å²) in [5, 5.41) is 14.4. The molecule has 0 atom stereocenters. The lowest BCUT2D eigenvalue weighted by Crippen LogP contribution is -2.32. The van der Waals surface area contributed by atoms with Crippen LogP contribution < -0.4 is 5.32 Å². The molecule has 1 saturated heterocycles. The van der Waals surface area contributed by atoms with E-state index in [9.17, 15) is 19.7 Å². The molecule has 2 aromatic carbocycles. The summed E-state index contributed by atoms with van der Waals surface area (Å²) in [4.78, 5) is 38.3. The van der Waals surface area contributed by atoms with E-state index >= 15 is 0 Å². The molecular weight excluding hydrogens is 386 g/mol. The molecule has 1 aromatic heterocycles. The van der Waals surface area contributed by atoms with Crippen molar-refractivity contribution < 1.29 is 18.9 Å². The van der Waals surface area contributed by atoms with Crippen molar-refractivity contribution in [1.82, 2.24) is 4.90 Å². The van der Waals surface area contributed by atoms with Crippen LogP contribution in [0.2, 0.25) is 0 Å². The number of nitro groups is 1. The van der Waals surface area contributed by atoms with Crippen LogP contribution in [0.3, 0.4) is 0 Å². The zero-order chi connectivity index (χ0) is 21.1. The maximum Gasteiger partial charge on any atom is 0.291 e. The molecule has 3 aromatic rings. The second kappa shape index (κ2) is 8.36. The molecule has 0 spiro atoms. The molecule has 0 unspecified atom stereocenters. The van der Waals surface area contributed by atoms with Crippen LogP contribution in [0, 0.1) is 10.1 Å². The number of amides is 2. The van der Waals surface area contributed by atoms with Gasteiger partial charge in [-0.15, -0.1) is 0 Å². The molecule has 2 heterocycles. The zero-order valence-electron chi connectivity index (χ0n) is 16.3. The Bertz CT molecular complexity index is 1110. The number of nitrogens with one attached hydrogen (secondary N) is 1. The Balaban J connectivity index is 1.70. The van der Waals surface area contributed by atoms with Crippen molar-refractivity contribution in [3.8, 4) is 0 Å². The van der Waals surface area contributed by atoms with E-state index in [1.165, 1.54) is 24.3 Å². The summed E-state index contributed by atoms with van der Waals surface area (Å²) in [7, 11) is 0. The van der Waals surface area contributed by atoms with Crippen molar-refractivity contribution in [1.29, 1.82) is 0 Å². The van der Waals surface area contributed by atoms with Crippen LogP contribution >= 0.6 is 0 Å². The smallest absolute Gasteiger partial charge is 0.291 e.